The van der Waals surface area contributed by atoms with E-state index in [1.54, 1.807) is 18.2 Å². The monoisotopic (exact) mass is 470 g/mol. The summed E-state index contributed by atoms with van der Waals surface area (Å²) in [5.74, 6) is 0.462. The number of nitrogens with zero attached hydrogens (tertiary/aromatic N) is 1. The van der Waals surface area contributed by atoms with Crippen molar-refractivity contribution in [3.63, 3.8) is 0 Å². The Kier molecular flexibility index (Phi) is 8.42. The van der Waals surface area contributed by atoms with E-state index in [1.165, 1.54) is 32.8 Å². The fraction of sp³-hybridized carbons (Fsp3) is 0.417. The topological polar surface area (TPSA) is 132 Å². The summed E-state index contributed by atoms with van der Waals surface area (Å²) in [6.45, 7) is 2.25. The zero-order valence-electron chi connectivity index (χ0n) is 19.6. The molecule has 2 atom stereocenters. The Labute approximate surface area is 198 Å². The van der Waals surface area contributed by atoms with E-state index in [1.807, 2.05) is 0 Å². The van der Waals surface area contributed by atoms with Gasteiger partial charge in [0.25, 0.3) is 11.6 Å². The summed E-state index contributed by atoms with van der Waals surface area (Å²) in [5, 5.41) is 20.0. The van der Waals surface area contributed by atoms with Crippen molar-refractivity contribution in [2.75, 3.05) is 31.4 Å². The zero-order valence-corrected chi connectivity index (χ0v) is 19.6. The summed E-state index contributed by atoms with van der Waals surface area (Å²) in [4.78, 5) is 36.4. The lowest BCUT2D eigenvalue weighted by Gasteiger charge is -2.29. The summed E-state index contributed by atoms with van der Waals surface area (Å²) < 4.78 is 10.4. The molecule has 0 aliphatic heterocycles. The molecule has 0 aromatic heterocycles. The van der Waals surface area contributed by atoms with Gasteiger partial charge < -0.3 is 25.4 Å². The van der Waals surface area contributed by atoms with E-state index in [0.29, 0.717) is 23.1 Å². The summed E-state index contributed by atoms with van der Waals surface area (Å²) in [7, 11) is 2.97. The smallest absolute Gasteiger partial charge is 0.270 e. The van der Waals surface area contributed by atoms with Crippen LogP contribution in [0.5, 0.6) is 11.5 Å². The number of benzene rings is 2. The number of nitrogens with one attached hydrogen (secondary N) is 3. The predicted octanol–water partition coefficient (Wildman–Crippen LogP) is 3.97. The molecule has 182 valence electrons. The van der Waals surface area contributed by atoms with Crippen LogP contribution in [-0.2, 0) is 4.79 Å². The number of ether oxygens (including phenoxy) is 2. The van der Waals surface area contributed by atoms with Crippen LogP contribution in [0.4, 0.5) is 17.1 Å². The largest absolute Gasteiger partial charge is 0.497 e. The van der Waals surface area contributed by atoms with E-state index >= 15 is 0 Å². The molecule has 0 radical (unpaired) electrons. The van der Waals surface area contributed by atoms with E-state index in [0.717, 1.165) is 25.3 Å². The van der Waals surface area contributed by atoms with Crippen LogP contribution >= 0.6 is 0 Å². The molecule has 0 heterocycles. The zero-order chi connectivity index (χ0) is 24.7. The molecule has 3 rings (SSSR count). The van der Waals surface area contributed by atoms with Gasteiger partial charge in [-0.3, -0.25) is 19.7 Å². The Morgan fingerprint density at radius 2 is 1.71 bits per heavy atom. The van der Waals surface area contributed by atoms with Crippen molar-refractivity contribution < 1.29 is 24.0 Å². The minimum atomic E-state index is -0.622. The highest BCUT2D eigenvalue weighted by Crippen LogP contribution is 2.28. The van der Waals surface area contributed by atoms with Crippen molar-refractivity contribution in [1.82, 2.24) is 5.32 Å². The third kappa shape index (κ3) is 6.44. The number of hydrogen-bond acceptors (Lipinski definition) is 7. The summed E-state index contributed by atoms with van der Waals surface area (Å²) >= 11 is 0. The molecule has 2 aromatic carbocycles. The summed E-state index contributed by atoms with van der Waals surface area (Å²) in [6, 6.07) is 8.84. The van der Waals surface area contributed by atoms with E-state index < -0.39 is 10.8 Å². The Morgan fingerprint density at radius 1 is 1.03 bits per heavy atom. The number of anilines is 2. The van der Waals surface area contributed by atoms with Crippen molar-refractivity contribution in [3.05, 3.63) is 52.1 Å². The van der Waals surface area contributed by atoms with Crippen molar-refractivity contribution in [1.29, 1.82) is 0 Å². The van der Waals surface area contributed by atoms with Gasteiger partial charge in [0.1, 0.15) is 11.5 Å². The standard InChI is InChI=1S/C24H30N4O6/c1-15-6-4-5-7-21(15)25-14-23(29)27-22-9-8-17(28(31)32)12-20(22)24(30)26-16-10-18(33-2)13-19(11-16)34-3/h8-13,15,21,25H,4-7,14H2,1-3H3,(H,26,30)(H,27,29)/t15-,21-/m0/s1. The highest BCUT2D eigenvalue weighted by atomic mass is 16.6. The molecule has 10 nitrogen and oxygen atoms in total. The number of hydrogen-bond donors (Lipinski definition) is 3. The lowest BCUT2D eigenvalue weighted by atomic mass is 9.86. The van der Waals surface area contributed by atoms with Gasteiger partial charge in [0, 0.05) is 42.1 Å². The molecule has 0 saturated heterocycles. The van der Waals surface area contributed by atoms with Crippen molar-refractivity contribution >= 4 is 28.9 Å². The highest BCUT2D eigenvalue weighted by Gasteiger charge is 2.23. The SMILES string of the molecule is COc1cc(NC(=O)c2cc([N+](=O)[O-])ccc2NC(=O)CN[C@H]2CCCC[C@@H]2C)cc(OC)c1. The van der Waals surface area contributed by atoms with Crippen LogP contribution in [0, 0.1) is 16.0 Å². The maximum Gasteiger partial charge on any atom is 0.270 e. The second-order valence-corrected chi connectivity index (χ2v) is 8.34. The first-order valence-electron chi connectivity index (χ1n) is 11.2. The fourth-order valence-corrected chi connectivity index (χ4v) is 4.06. The first kappa shape index (κ1) is 25.0. The van der Waals surface area contributed by atoms with Crippen molar-refractivity contribution in [2.45, 2.75) is 38.6 Å². The van der Waals surface area contributed by atoms with Crippen molar-refractivity contribution in [2.24, 2.45) is 5.92 Å². The molecule has 2 aromatic rings. The molecule has 0 spiro atoms. The van der Waals surface area contributed by atoms with Gasteiger partial charge in [-0.15, -0.1) is 0 Å². The second-order valence-electron chi connectivity index (χ2n) is 8.34. The maximum absolute atomic E-state index is 13.1. The Morgan fingerprint density at radius 3 is 2.32 bits per heavy atom. The first-order chi connectivity index (χ1) is 16.3. The van der Waals surface area contributed by atoms with Crippen molar-refractivity contribution in [3.8, 4) is 11.5 Å². The number of amides is 2. The number of non-ortho nitro benzene ring substituents is 1. The quantitative estimate of drug-likeness (QED) is 0.373. The molecule has 2 amide bonds. The average molecular weight is 471 g/mol. The second kappa shape index (κ2) is 11.5. The average Bonchev–Trinajstić information content (AvgIpc) is 2.83. The molecule has 0 unspecified atom stereocenters. The van der Waals surface area contributed by atoms with Crippen LogP contribution in [0.1, 0.15) is 43.0 Å². The number of carbonyl (C=O) groups is 2. The fourth-order valence-electron chi connectivity index (χ4n) is 4.06. The highest BCUT2D eigenvalue weighted by molar-refractivity contribution is 6.10. The van der Waals surface area contributed by atoms with Gasteiger partial charge in [0.05, 0.1) is 36.9 Å². The molecule has 10 heteroatoms. The molecular formula is C24H30N4O6. The molecule has 1 saturated carbocycles. The molecule has 3 N–H and O–H groups in total. The minimum absolute atomic E-state index is 0.0321. The van der Waals surface area contributed by atoms with Crippen LogP contribution in [0.2, 0.25) is 0 Å². The first-order valence-corrected chi connectivity index (χ1v) is 11.2. The number of nitro benzene ring substituents is 1. The Bertz CT molecular complexity index is 1040. The summed E-state index contributed by atoms with van der Waals surface area (Å²) in [5.41, 5.74) is 0.260. The lowest BCUT2D eigenvalue weighted by Crippen LogP contribution is -2.41. The Balaban J connectivity index is 1.77. The minimum Gasteiger partial charge on any atom is -0.497 e. The molecule has 1 aliphatic rings. The van der Waals surface area contributed by atoms with Gasteiger partial charge in [0.2, 0.25) is 5.91 Å². The van der Waals surface area contributed by atoms with Gasteiger partial charge >= 0.3 is 0 Å². The maximum atomic E-state index is 13.1. The van der Waals surface area contributed by atoms with Gasteiger partial charge in [-0.2, -0.15) is 0 Å². The van der Waals surface area contributed by atoms with Gasteiger partial charge in [0.15, 0.2) is 0 Å². The van der Waals surface area contributed by atoms with Crippen LogP contribution in [-0.4, -0.2) is 43.5 Å². The molecule has 1 aliphatic carbocycles. The van der Waals surface area contributed by atoms with Crippen LogP contribution < -0.4 is 25.4 Å². The Hall–Kier alpha value is -3.66. The predicted molar refractivity (Wildman–Crippen MR) is 129 cm³/mol. The lowest BCUT2D eigenvalue weighted by molar-refractivity contribution is -0.384. The van der Waals surface area contributed by atoms with Gasteiger partial charge in [-0.05, 0) is 24.8 Å². The van der Waals surface area contributed by atoms with E-state index in [-0.39, 0.29) is 35.4 Å². The van der Waals surface area contributed by atoms with Gasteiger partial charge in [-0.25, -0.2) is 0 Å². The summed E-state index contributed by atoms with van der Waals surface area (Å²) in [6.07, 6.45) is 4.47. The molecule has 0 bridgehead atoms. The number of carbonyl (C=O) groups excluding carboxylic acids is 2. The third-order valence-electron chi connectivity index (χ3n) is 5.98. The van der Waals surface area contributed by atoms with E-state index in [4.69, 9.17) is 9.47 Å². The van der Waals surface area contributed by atoms with Crippen LogP contribution in [0.3, 0.4) is 0 Å². The number of rotatable bonds is 9. The normalized spacial score (nSPS) is 17.5. The van der Waals surface area contributed by atoms with E-state index in [2.05, 4.69) is 22.9 Å². The number of nitro groups is 1. The molecule has 34 heavy (non-hydrogen) atoms. The van der Waals surface area contributed by atoms with Gasteiger partial charge in [-0.1, -0.05) is 19.8 Å². The van der Waals surface area contributed by atoms with Crippen LogP contribution in [0.15, 0.2) is 36.4 Å². The molecule has 1 fully saturated rings. The number of methoxy groups -OCH3 is 2. The third-order valence-corrected chi connectivity index (χ3v) is 5.98. The van der Waals surface area contributed by atoms with E-state index in [9.17, 15) is 19.7 Å². The van der Waals surface area contributed by atoms with Crippen LogP contribution in [0.25, 0.3) is 0 Å². The molecular weight excluding hydrogens is 440 g/mol.